The zero-order valence-electron chi connectivity index (χ0n) is 13.9. The zero-order valence-corrected chi connectivity index (χ0v) is 17.1. The van der Waals surface area contributed by atoms with Gasteiger partial charge in [-0.05, 0) is 29.8 Å². The molecule has 0 amide bonds. The molecule has 0 aliphatic heterocycles. The molecule has 0 atom stereocenters. The second-order valence-corrected chi connectivity index (χ2v) is 9.87. The molecule has 138 valence electrons. The minimum atomic E-state index is -3.60. The summed E-state index contributed by atoms with van der Waals surface area (Å²) in [5.41, 5.74) is 1.76. The van der Waals surface area contributed by atoms with Crippen LogP contribution in [0.1, 0.15) is 5.56 Å². The van der Waals surface area contributed by atoms with E-state index in [-0.39, 0.29) is 9.77 Å². The molecule has 2 aromatic carbocycles. The van der Waals surface area contributed by atoms with Gasteiger partial charge >= 0.3 is 4.87 Å². The number of thiazole rings is 1. The van der Waals surface area contributed by atoms with E-state index in [1.54, 1.807) is 30.9 Å². The molecular formula is C17H17ClN2O3S3. The SMILES string of the molecule is Cn1c(=O)sc2cc(S(=O)(=O)NCCSCc3ccccc3Cl)ccc21. The fourth-order valence-electron chi connectivity index (χ4n) is 2.41. The van der Waals surface area contributed by atoms with Crippen LogP contribution >= 0.6 is 34.7 Å². The van der Waals surface area contributed by atoms with Crippen LogP contribution in [0.25, 0.3) is 10.2 Å². The second kappa shape index (κ2) is 8.14. The monoisotopic (exact) mass is 428 g/mol. The third kappa shape index (κ3) is 4.32. The Hall–Kier alpha value is -1.32. The number of sulfonamides is 1. The summed E-state index contributed by atoms with van der Waals surface area (Å²) < 4.78 is 29.6. The highest BCUT2D eigenvalue weighted by molar-refractivity contribution is 7.98. The van der Waals surface area contributed by atoms with E-state index < -0.39 is 10.0 Å². The van der Waals surface area contributed by atoms with Gasteiger partial charge in [-0.2, -0.15) is 11.8 Å². The fraction of sp³-hybridized carbons (Fsp3) is 0.235. The van der Waals surface area contributed by atoms with E-state index in [1.807, 2.05) is 24.3 Å². The summed E-state index contributed by atoms with van der Waals surface area (Å²) in [6.45, 7) is 0.320. The minimum Gasteiger partial charge on any atom is -0.302 e. The quantitative estimate of drug-likeness (QED) is 0.585. The van der Waals surface area contributed by atoms with Gasteiger partial charge in [0.25, 0.3) is 0 Å². The highest BCUT2D eigenvalue weighted by atomic mass is 35.5. The number of halogens is 1. The first kappa shape index (κ1) is 19.4. The van der Waals surface area contributed by atoms with Crippen LogP contribution in [0.2, 0.25) is 5.02 Å². The van der Waals surface area contributed by atoms with Gasteiger partial charge in [-0.3, -0.25) is 4.79 Å². The Bertz CT molecular complexity index is 1090. The number of thioether (sulfide) groups is 1. The number of hydrogen-bond donors (Lipinski definition) is 1. The van der Waals surface area contributed by atoms with Gasteiger partial charge in [-0.15, -0.1) is 0 Å². The molecule has 0 spiro atoms. The summed E-state index contributed by atoms with van der Waals surface area (Å²) in [5, 5.41) is 0.718. The Morgan fingerprint density at radius 1 is 1.23 bits per heavy atom. The Balaban J connectivity index is 1.59. The molecule has 1 aromatic heterocycles. The van der Waals surface area contributed by atoms with Gasteiger partial charge in [0, 0.05) is 30.1 Å². The van der Waals surface area contributed by atoms with E-state index in [9.17, 15) is 13.2 Å². The molecule has 3 aromatic rings. The van der Waals surface area contributed by atoms with Crippen molar-refractivity contribution in [3.8, 4) is 0 Å². The van der Waals surface area contributed by atoms with Crippen LogP contribution in [0.4, 0.5) is 0 Å². The molecule has 0 aliphatic carbocycles. The van der Waals surface area contributed by atoms with Crippen molar-refractivity contribution in [1.29, 1.82) is 0 Å². The number of aromatic nitrogens is 1. The number of hydrogen-bond acceptors (Lipinski definition) is 5. The third-order valence-electron chi connectivity index (χ3n) is 3.83. The first-order valence-corrected chi connectivity index (χ1v) is 11.6. The highest BCUT2D eigenvalue weighted by Gasteiger charge is 2.15. The summed E-state index contributed by atoms with van der Waals surface area (Å²) in [4.78, 5) is 11.7. The summed E-state index contributed by atoms with van der Waals surface area (Å²) >= 11 is 8.75. The maximum atomic E-state index is 12.4. The zero-order chi connectivity index (χ0) is 18.7. The van der Waals surface area contributed by atoms with Gasteiger partial charge in [0.15, 0.2) is 0 Å². The van der Waals surface area contributed by atoms with Crippen molar-refractivity contribution in [2.24, 2.45) is 7.05 Å². The van der Waals surface area contributed by atoms with Crippen LogP contribution in [0.3, 0.4) is 0 Å². The Morgan fingerprint density at radius 2 is 2.00 bits per heavy atom. The molecule has 0 saturated carbocycles. The predicted molar refractivity (Wildman–Crippen MR) is 110 cm³/mol. The average molecular weight is 429 g/mol. The Labute approximate surface area is 165 Å². The summed E-state index contributed by atoms with van der Waals surface area (Å²) in [7, 11) is -1.93. The molecule has 0 fully saturated rings. The standard InChI is InChI=1S/C17H17ClN2O3S3/c1-20-15-7-6-13(10-16(15)25-17(20)21)26(22,23)19-8-9-24-11-12-4-2-3-5-14(12)18/h2-7,10,19H,8-9,11H2,1H3. The van der Waals surface area contributed by atoms with Crippen molar-refractivity contribution in [3.63, 3.8) is 0 Å². The van der Waals surface area contributed by atoms with E-state index in [0.717, 1.165) is 33.2 Å². The Morgan fingerprint density at radius 3 is 2.77 bits per heavy atom. The van der Waals surface area contributed by atoms with Gasteiger partial charge in [0.2, 0.25) is 10.0 Å². The van der Waals surface area contributed by atoms with E-state index in [4.69, 9.17) is 11.6 Å². The number of aryl methyl sites for hydroxylation is 1. The van der Waals surface area contributed by atoms with E-state index in [0.29, 0.717) is 17.0 Å². The molecule has 1 N–H and O–H groups in total. The molecule has 0 aliphatic rings. The van der Waals surface area contributed by atoms with Gasteiger partial charge in [-0.1, -0.05) is 41.1 Å². The van der Waals surface area contributed by atoms with Crippen molar-refractivity contribution in [2.75, 3.05) is 12.3 Å². The first-order valence-electron chi connectivity index (χ1n) is 7.79. The largest absolute Gasteiger partial charge is 0.307 e. The summed E-state index contributed by atoms with van der Waals surface area (Å²) in [6, 6.07) is 12.3. The molecule has 5 nitrogen and oxygen atoms in total. The fourth-order valence-corrected chi connectivity index (χ4v) is 5.73. The van der Waals surface area contributed by atoms with Gasteiger partial charge in [0.05, 0.1) is 15.1 Å². The predicted octanol–water partition coefficient (Wildman–Crippen LogP) is 3.47. The van der Waals surface area contributed by atoms with Crippen LogP contribution in [-0.4, -0.2) is 25.3 Å². The molecule has 0 unspecified atom stereocenters. The number of rotatable bonds is 7. The maximum absolute atomic E-state index is 12.4. The van der Waals surface area contributed by atoms with Crippen molar-refractivity contribution < 1.29 is 8.42 Å². The number of nitrogens with one attached hydrogen (secondary N) is 1. The van der Waals surface area contributed by atoms with Crippen LogP contribution in [0, 0.1) is 0 Å². The van der Waals surface area contributed by atoms with E-state index in [2.05, 4.69) is 4.72 Å². The first-order chi connectivity index (χ1) is 12.4. The molecule has 26 heavy (non-hydrogen) atoms. The topological polar surface area (TPSA) is 68.2 Å². The minimum absolute atomic E-state index is 0.113. The lowest BCUT2D eigenvalue weighted by Crippen LogP contribution is -2.26. The molecule has 9 heteroatoms. The lowest BCUT2D eigenvalue weighted by atomic mass is 10.2. The average Bonchev–Trinajstić information content (AvgIpc) is 2.90. The normalized spacial score (nSPS) is 11.9. The number of fused-ring (bicyclic) bond motifs is 1. The molecule has 3 rings (SSSR count). The summed E-state index contributed by atoms with van der Waals surface area (Å²) in [5.74, 6) is 1.36. The molecule has 0 radical (unpaired) electrons. The second-order valence-electron chi connectivity index (χ2n) is 5.60. The Kier molecular flexibility index (Phi) is 6.09. The van der Waals surface area contributed by atoms with Gasteiger partial charge in [0.1, 0.15) is 0 Å². The molecule has 0 saturated heterocycles. The maximum Gasteiger partial charge on any atom is 0.307 e. The van der Waals surface area contributed by atoms with E-state index >= 15 is 0 Å². The van der Waals surface area contributed by atoms with Crippen molar-refractivity contribution in [2.45, 2.75) is 10.6 Å². The smallest absolute Gasteiger partial charge is 0.302 e. The molecule has 0 bridgehead atoms. The van der Waals surface area contributed by atoms with Crippen molar-refractivity contribution in [3.05, 3.63) is 62.7 Å². The summed E-state index contributed by atoms with van der Waals surface area (Å²) in [6.07, 6.45) is 0. The lowest BCUT2D eigenvalue weighted by molar-refractivity contribution is 0.584. The lowest BCUT2D eigenvalue weighted by Gasteiger charge is -2.08. The molecule has 1 heterocycles. The van der Waals surface area contributed by atoms with Crippen LogP contribution in [0.5, 0.6) is 0 Å². The number of nitrogens with zero attached hydrogens (tertiary/aromatic N) is 1. The van der Waals surface area contributed by atoms with Gasteiger partial charge in [-0.25, -0.2) is 13.1 Å². The van der Waals surface area contributed by atoms with Crippen LogP contribution < -0.4 is 9.60 Å². The molecular weight excluding hydrogens is 412 g/mol. The number of benzene rings is 2. The third-order valence-corrected chi connectivity index (χ3v) is 7.66. The van der Waals surface area contributed by atoms with E-state index in [1.165, 1.54) is 10.6 Å². The van der Waals surface area contributed by atoms with Crippen molar-refractivity contribution >= 4 is 54.9 Å². The van der Waals surface area contributed by atoms with Crippen LogP contribution in [0.15, 0.2) is 52.2 Å². The van der Waals surface area contributed by atoms with Crippen LogP contribution in [-0.2, 0) is 22.8 Å². The highest BCUT2D eigenvalue weighted by Crippen LogP contribution is 2.22. The van der Waals surface area contributed by atoms with Gasteiger partial charge < -0.3 is 4.57 Å². The van der Waals surface area contributed by atoms with Crippen molar-refractivity contribution in [1.82, 2.24) is 9.29 Å².